The molecule has 0 bridgehead atoms. The van der Waals surface area contributed by atoms with E-state index in [0.717, 1.165) is 13.1 Å². The molecule has 5 nitrogen and oxygen atoms in total. The van der Waals surface area contributed by atoms with E-state index in [4.69, 9.17) is 4.74 Å². The van der Waals surface area contributed by atoms with E-state index in [1.165, 1.54) is 0 Å². The quantitative estimate of drug-likeness (QED) is 0.706. The van der Waals surface area contributed by atoms with Crippen LogP contribution in [0.2, 0.25) is 0 Å². The minimum absolute atomic E-state index is 0.0296. The van der Waals surface area contributed by atoms with Gasteiger partial charge in [-0.15, -0.1) is 0 Å². The van der Waals surface area contributed by atoms with E-state index >= 15 is 0 Å². The molecule has 0 aromatic rings. The predicted molar refractivity (Wildman–Crippen MR) is 63.6 cm³/mol. The first-order chi connectivity index (χ1) is 8.00. The van der Waals surface area contributed by atoms with Crippen molar-refractivity contribution in [3.8, 4) is 0 Å². The third-order valence-corrected chi connectivity index (χ3v) is 3.37. The maximum absolute atomic E-state index is 12.1. The molecule has 0 saturated carbocycles. The van der Waals surface area contributed by atoms with Crippen LogP contribution in [-0.4, -0.2) is 60.4 Å². The van der Waals surface area contributed by atoms with Gasteiger partial charge in [-0.2, -0.15) is 0 Å². The third-order valence-electron chi connectivity index (χ3n) is 3.37. The molecule has 1 atom stereocenters. The number of morpholine rings is 1. The normalized spacial score (nSPS) is 28.9. The zero-order valence-corrected chi connectivity index (χ0v) is 10.6. The van der Waals surface area contributed by atoms with Crippen LogP contribution in [0.4, 0.5) is 0 Å². The molecule has 2 fully saturated rings. The largest absolute Gasteiger partial charge is 0.394 e. The number of hydrogen-bond donors (Lipinski definition) is 2. The van der Waals surface area contributed by atoms with Crippen molar-refractivity contribution < 1.29 is 14.6 Å². The molecule has 2 heterocycles. The molecular weight excluding hydrogens is 220 g/mol. The molecule has 98 valence electrons. The zero-order chi connectivity index (χ0) is 12.5. The van der Waals surface area contributed by atoms with E-state index in [0.29, 0.717) is 25.4 Å². The molecule has 17 heavy (non-hydrogen) atoms. The van der Waals surface area contributed by atoms with Gasteiger partial charge in [0.1, 0.15) is 0 Å². The number of aliphatic hydroxyl groups is 1. The molecular formula is C12H22N2O3. The minimum Gasteiger partial charge on any atom is -0.394 e. The first-order valence-corrected chi connectivity index (χ1v) is 6.27. The summed E-state index contributed by atoms with van der Waals surface area (Å²) in [5.74, 6) is 0.673. The second-order valence-corrected chi connectivity index (χ2v) is 5.68. The second kappa shape index (κ2) is 4.92. The third kappa shape index (κ3) is 3.18. The number of carbonyl (C=O) groups is 1. The average Bonchev–Trinajstić information content (AvgIpc) is 2.20. The average molecular weight is 242 g/mol. The molecule has 2 rings (SSSR count). The maximum atomic E-state index is 12.1. The van der Waals surface area contributed by atoms with Crippen molar-refractivity contribution in [2.75, 3.05) is 32.8 Å². The number of nitrogens with one attached hydrogen (secondary N) is 1. The predicted octanol–water partition coefficient (Wildman–Crippen LogP) is -0.406. The molecule has 5 heteroatoms. The fourth-order valence-corrected chi connectivity index (χ4v) is 2.45. The van der Waals surface area contributed by atoms with Gasteiger partial charge in [-0.1, -0.05) is 0 Å². The van der Waals surface area contributed by atoms with Gasteiger partial charge >= 0.3 is 0 Å². The lowest BCUT2D eigenvalue weighted by molar-refractivity contribution is -0.167. The first-order valence-electron chi connectivity index (χ1n) is 6.27. The molecule has 0 radical (unpaired) electrons. The topological polar surface area (TPSA) is 61.8 Å². The smallest absolute Gasteiger partial charge is 0.223 e. The highest BCUT2D eigenvalue weighted by Gasteiger charge is 2.36. The number of rotatable bonds is 3. The number of carbonyl (C=O) groups excluding carboxylic acids is 1. The molecule has 1 amide bonds. The minimum atomic E-state index is -0.362. The summed E-state index contributed by atoms with van der Waals surface area (Å²) in [6.07, 6.45) is 0.364. The van der Waals surface area contributed by atoms with E-state index in [1.54, 1.807) is 0 Å². The van der Waals surface area contributed by atoms with Crippen LogP contribution in [0.1, 0.15) is 20.3 Å². The van der Waals surface area contributed by atoms with Crippen molar-refractivity contribution in [1.29, 1.82) is 0 Å². The van der Waals surface area contributed by atoms with Crippen LogP contribution in [0.15, 0.2) is 0 Å². The highest BCUT2D eigenvalue weighted by atomic mass is 16.5. The summed E-state index contributed by atoms with van der Waals surface area (Å²) < 4.78 is 5.69. The van der Waals surface area contributed by atoms with E-state index < -0.39 is 0 Å². The molecule has 1 unspecified atom stereocenters. The van der Waals surface area contributed by atoms with E-state index in [2.05, 4.69) is 5.32 Å². The van der Waals surface area contributed by atoms with E-state index in [9.17, 15) is 9.90 Å². The Hall–Kier alpha value is -0.650. The van der Waals surface area contributed by atoms with Gasteiger partial charge in [0, 0.05) is 19.5 Å². The maximum Gasteiger partial charge on any atom is 0.223 e. The summed E-state index contributed by atoms with van der Waals surface area (Å²) in [5, 5.41) is 12.4. The van der Waals surface area contributed by atoms with Crippen molar-refractivity contribution in [2.24, 2.45) is 5.92 Å². The van der Waals surface area contributed by atoms with Gasteiger partial charge in [0.15, 0.2) is 0 Å². The van der Waals surface area contributed by atoms with Gasteiger partial charge in [-0.25, -0.2) is 0 Å². The standard InChI is InChI=1S/C12H22N2O3/c1-12(2)8-14(6-10(7-15)17-12)11(16)3-9-4-13-5-9/h9-10,13,15H,3-8H2,1-2H3. The molecule has 2 N–H and O–H groups in total. The van der Waals surface area contributed by atoms with Gasteiger partial charge < -0.3 is 20.1 Å². The molecule has 2 aliphatic rings. The number of amides is 1. The van der Waals surface area contributed by atoms with Crippen molar-refractivity contribution in [3.63, 3.8) is 0 Å². The number of ether oxygens (including phenoxy) is 1. The lowest BCUT2D eigenvalue weighted by Crippen LogP contribution is -2.56. The van der Waals surface area contributed by atoms with E-state index in [-0.39, 0.29) is 24.2 Å². The van der Waals surface area contributed by atoms with Gasteiger partial charge in [0.25, 0.3) is 0 Å². The van der Waals surface area contributed by atoms with Crippen LogP contribution >= 0.6 is 0 Å². The lowest BCUT2D eigenvalue weighted by Gasteiger charge is -2.43. The van der Waals surface area contributed by atoms with Gasteiger partial charge in [-0.3, -0.25) is 4.79 Å². The monoisotopic (exact) mass is 242 g/mol. The Balaban J connectivity index is 1.91. The molecule has 2 aliphatic heterocycles. The Labute approximate surface area is 102 Å². The summed E-state index contributed by atoms with van der Waals surface area (Å²) in [5.41, 5.74) is -0.362. The fraction of sp³-hybridized carbons (Fsp3) is 0.917. The highest BCUT2D eigenvalue weighted by molar-refractivity contribution is 5.76. The van der Waals surface area contributed by atoms with Crippen LogP contribution in [-0.2, 0) is 9.53 Å². The molecule has 0 aliphatic carbocycles. The van der Waals surface area contributed by atoms with Crippen LogP contribution < -0.4 is 5.32 Å². The summed E-state index contributed by atoms with van der Waals surface area (Å²) in [6, 6.07) is 0. The molecule has 0 spiro atoms. The Morgan fingerprint density at radius 1 is 1.53 bits per heavy atom. The number of nitrogens with zero attached hydrogens (tertiary/aromatic N) is 1. The fourth-order valence-electron chi connectivity index (χ4n) is 2.45. The van der Waals surface area contributed by atoms with Crippen molar-refractivity contribution in [3.05, 3.63) is 0 Å². The van der Waals surface area contributed by atoms with Gasteiger partial charge in [-0.05, 0) is 32.9 Å². The zero-order valence-electron chi connectivity index (χ0n) is 10.6. The number of hydrogen-bond acceptors (Lipinski definition) is 4. The summed E-state index contributed by atoms with van der Waals surface area (Å²) in [4.78, 5) is 13.9. The Bertz CT molecular complexity index is 289. The molecule has 0 aromatic carbocycles. The van der Waals surface area contributed by atoms with Crippen molar-refractivity contribution in [2.45, 2.75) is 32.0 Å². The number of aliphatic hydroxyl groups excluding tert-OH is 1. The van der Waals surface area contributed by atoms with E-state index in [1.807, 2.05) is 18.7 Å². The summed E-state index contributed by atoms with van der Waals surface area (Å²) in [7, 11) is 0. The van der Waals surface area contributed by atoms with Crippen LogP contribution in [0, 0.1) is 5.92 Å². The Morgan fingerprint density at radius 2 is 2.24 bits per heavy atom. The Morgan fingerprint density at radius 3 is 2.76 bits per heavy atom. The molecule has 2 saturated heterocycles. The second-order valence-electron chi connectivity index (χ2n) is 5.68. The van der Waals surface area contributed by atoms with Crippen LogP contribution in [0.3, 0.4) is 0 Å². The van der Waals surface area contributed by atoms with Gasteiger partial charge in [0.2, 0.25) is 5.91 Å². The van der Waals surface area contributed by atoms with Gasteiger partial charge in [0.05, 0.1) is 18.3 Å². The SMILES string of the molecule is CC1(C)CN(C(=O)CC2CNC2)CC(CO)O1. The Kier molecular flexibility index (Phi) is 3.70. The van der Waals surface area contributed by atoms with Crippen LogP contribution in [0.5, 0.6) is 0 Å². The highest BCUT2D eigenvalue weighted by Crippen LogP contribution is 2.22. The lowest BCUT2D eigenvalue weighted by atomic mass is 9.97. The van der Waals surface area contributed by atoms with Crippen LogP contribution in [0.25, 0.3) is 0 Å². The van der Waals surface area contributed by atoms with Crippen molar-refractivity contribution in [1.82, 2.24) is 10.2 Å². The summed E-state index contributed by atoms with van der Waals surface area (Å²) in [6.45, 7) is 6.91. The molecule has 0 aromatic heterocycles. The summed E-state index contributed by atoms with van der Waals surface area (Å²) >= 11 is 0. The van der Waals surface area contributed by atoms with Crippen molar-refractivity contribution >= 4 is 5.91 Å². The first kappa shape index (κ1) is 12.8.